The van der Waals surface area contributed by atoms with Crippen LogP contribution in [-0.2, 0) is 6.42 Å². The molecule has 3 nitrogen and oxygen atoms in total. The summed E-state index contributed by atoms with van der Waals surface area (Å²) in [6, 6.07) is 3.74. The summed E-state index contributed by atoms with van der Waals surface area (Å²) in [5, 5.41) is 0.700. The molecule has 1 fully saturated rings. The fourth-order valence-corrected chi connectivity index (χ4v) is 2.78. The molecular weight excluding hydrogens is 262 g/mol. The second kappa shape index (κ2) is 6.49. The molecule has 19 heavy (non-hydrogen) atoms. The first-order valence-electron chi connectivity index (χ1n) is 6.89. The topological polar surface area (TPSA) is 44.5 Å². The summed E-state index contributed by atoms with van der Waals surface area (Å²) in [5.74, 6) is 1.52. The number of nitrogens with two attached hydrogens (primary N) is 1. The summed E-state index contributed by atoms with van der Waals surface area (Å²) in [4.78, 5) is 0. The second-order valence-corrected chi connectivity index (χ2v) is 5.67. The number of hydrogen-bond donors (Lipinski definition) is 1. The summed E-state index contributed by atoms with van der Waals surface area (Å²) >= 11 is 6.30. The molecule has 0 heterocycles. The predicted molar refractivity (Wildman–Crippen MR) is 78.2 cm³/mol. The number of hydrogen-bond acceptors (Lipinski definition) is 3. The van der Waals surface area contributed by atoms with E-state index in [4.69, 9.17) is 26.8 Å². The number of halogens is 1. The lowest BCUT2D eigenvalue weighted by atomic mass is 10.1. The van der Waals surface area contributed by atoms with E-state index in [9.17, 15) is 0 Å². The van der Waals surface area contributed by atoms with Crippen molar-refractivity contribution in [2.24, 2.45) is 5.73 Å². The van der Waals surface area contributed by atoms with Gasteiger partial charge in [0.2, 0.25) is 0 Å². The van der Waals surface area contributed by atoms with Gasteiger partial charge in [0.15, 0.2) is 11.5 Å². The van der Waals surface area contributed by atoms with Gasteiger partial charge in [-0.05, 0) is 51.2 Å². The molecule has 2 rings (SSSR count). The highest BCUT2D eigenvalue weighted by atomic mass is 35.5. The van der Waals surface area contributed by atoms with Gasteiger partial charge in [-0.3, -0.25) is 0 Å². The van der Waals surface area contributed by atoms with E-state index in [0.29, 0.717) is 11.4 Å². The van der Waals surface area contributed by atoms with Crippen LogP contribution >= 0.6 is 11.6 Å². The van der Waals surface area contributed by atoms with E-state index in [1.165, 1.54) is 12.8 Å². The maximum atomic E-state index is 6.30. The van der Waals surface area contributed by atoms with Crippen molar-refractivity contribution in [3.8, 4) is 11.5 Å². The predicted octanol–water partition coefficient (Wildman–Crippen LogP) is 3.56. The molecule has 1 atom stereocenters. The zero-order valence-corrected chi connectivity index (χ0v) is 12.4. The van der Waals surface area contributed by atoms with Gasteiger partial charge in [-0.2, -0.15) is 0 Å². The number of rotatable bonds is 5. The van der Waals surface area contributed by atoms with E-state index >= 15 is 0 Å². The Morgan fingerprint density at radius 2 is 2.05 bits per heavy atom. The average Bonchev–Trinajstić information content (AvgIpc) is 2.86. The Hall–Kier alpha value is -0.930. The molecule has 0 amide bonds. The molecule has 0 spiro atoms. The van der Waals surface area contributed by atoms with E-state index in [1.54, 1.807) is 7.11 Å². The molecule has 4 heteroatoms. The standard InChI is InChI=1S/C15H22ClNO2/c1-10(17)9-12-13(16)7-8-14(18-2)15(12)19-11-5-3-4-6-11/h7-8,10-11H,3-6,9,17H2,1-2H3. The molecule has 1 aliphatic carbocycles. The van der Waals surface area contributed by atoms with Gasteiger partial charge in [0.25, 0.3) is 0 Å². The van der Waals surface area contributed by atoms with E-state index in [1.807, 2.05) is 19.1 Å². The van der Waals surface area contributed by atoms with Crippen molar-refractivity contribution in [2.45, 2.75) is 51.2 Å². The third-order valence-corrected chi connectivity index (χ3v) is 3.85. The molecule has 1 aromatic carbocycles. The Morgan fingerprint density at radius 3 is 2.63 bits per heavy atom. The van der Waals surface area contributed by atoms with Gasteiger partial charge in [-0.15, -0.1) is 0 Å². The van der Waals surface area contributed by atoms with Gasteiger partial charge in [0.05, 0.1) is 13.2 Å². The highest BCUT2D eigenvalue weighted by Gasteiger charge is 2.22. The molecule has 0 aromatic heterocycles. The summed E-state index contributed by atoms with van der Waals surface area (Å²) in [7, 11) is 1.65. The minimum atomic E-state index is 0.0375. The van der Waals surface area contributed by atoms with E-state index in [2.05, 4.69) is 0 Å². The summed E-state index contributed by atoms with van der Waals surface area (Å²) < 4.78 is 11.6. The molecule has 1 unspecified atom stereocenters. The summed E-state index contributed by atoms with van der Waals surface area (Å²) in [6.07, 6.45) is 5.64. The summed E-state index contributed by atoms with van der Waals surface area (Å²) in [5.41, 5.74) is 6.87. The quantitative estimate of drug-likeness (QED) is 0.899. The van der Waals surface area contributed by atoms with Crippen LogP contribution in [0, 0.1) is 0 Å². The molecule has 0 radical (unpaired) electrons. The Bertz CT molecular complexity index is 428. The first kappa shape index (κ1) is 14.5. The van der Waals surface area contributed by atoms with Crippen molar-refractivity contribution in [2.75, 3.05) is 7.11 Å². The van der Waals surface area contributed by atoms with Gasteiger partial charge in [0.1, 0.15) is 0 Å². The maximum absolute atomic E-state index is 6.30. The largest absolute Gasteiger partial charge is 0.493 e. The number of ether oxygens (including phenoxy) is 2. The van der Waals surface area contributed by atoms with Crippen LogP contribution in [0.3, 0.4) is 0 Å². The molecule has 0 bridgehead atoms. The lowest BCUT2D eigenvalue weighted by molar-refractivity contribution is 0.198. The highest BCUT2D eigenvalue weighted by molar-refractivity contribution is 6.31. The van der Waals surface area contributed by atoms with Crippen molar-refractivity contribution in [1.82, 2.24) is 0 Å². The number of methoxy groups -OCH3 is 1. The van der Waals surface area contributed by atoms with Crippen LogP contribution in [0.25, 0.3) is 0 Å². The second-order valence-electron chi connectivity index (χ2n) is 5.26. The van der Waals surface area contributed by atoms with Crippen molar-refractivity contribution in [1.29, 1.82) is 0 Å². The third kappa shape index (κ3) is 3.54. The van der Waals surface area contributed by atoms with Crippen LogP contribution in [0.5, 0.6) is 11.5 Å². The van der Waals surface area contributed by atoms with Gasteiger partial charge in [-0.25, -0.2) is 0 Å². The Morgan fingerprint density at radius 1 is 1.37 bits per heavy atom. The Balaban J connectivity index is 2.32. The van der Waals surface area contributed by atoms with Crippen LogP contribution in [-0.4, -0.2) is 19.3 Å². The molecule has 1 saturated carbocycles. The molecule has 1 aromatic rings. The first-order valence-corrected chi connectivity index (χ1v) is 7.27. The molecule has 106 valence electrons. The average molecular weight is 284 g/mol. The maximum Gasteiger partial charge on any atom is 0.166 e. The van der Waals surface area contributed by atoms with Gasteiger partial charge < -0.3 is 15.2 Å². The summed E-state index contributed by atoms with van der Waals surface area (Å²) in [6.45, 7) is 1.97. The van der Waals surface area contributed by atoms with Crippen molar-refractivity contribution >= 4 is 11.6 Å². The van der Waals surface area contributed by atoms with E-state index in [-0.39, 0.29) is 12.1 Å². The van der Waals surface area contributed by atoms with Crippen LogP contribution in [0.15, 0.2) is 12.1 Å². The zero-order chi connectivity index (χ0) is 13.8. The lowest BCUT2D eigenvalue weighted by Crippen LogP contribution is -2.20. The van der Waals surface area contributed by atoms with E-state index < -0.39 is 0 Å². The normalized spacial score (nSPS) is 17.5. The smallest absolute Gasteiger partial charge is 0.166 e. The number of benzene rings is 1. The minimum Gasteiger partial charge on any atom is -0.493 e. The molecule has 0 aliphatic heterocycles. The zero-order valence-electron chi connectivity index (χ0n) is 11.6. The van der Waals surface area contributed by atoms with E-state index in [0.717, 1.165) is 29.9 Å². The first-order chi connectivity index (χ1) is 9.11. The van der Waals surface area contributed by atoms with Crippen molar-refractivity contribution < 1.29 is 9.47 Å². The molecule has 2 N–H and O–H groups in total. The monoisotopic (exact) mass is 283 g/mol. The van der Waals surface area contributed by atoms with Crippen LogP contribution in [0.2, 0.25) is 5.02 Å². The third-order valence-electron chi connectivity index (χ3n) is 3.50. The lowest BCUT2D eigenvalue weighted by Gasteiger charge is -2.21. The fourth-order valence-electron chi connectivity index (χ4n) is 2.56. The van der Waals surface area contributed by atoms with Crippen LogP contribution in [0.1, 0.15) is 38.2 Å². The Labute approximate surface area is 120 Å². The fraction of sp³-hybridized carbons (Fsp3) is 0.600. The van der Waals surface area contributed by atoms with Gasteiger partial charge >= 0.3 is 0 Å². The van der Waals surface area contributed by atoms with Crippen molar-refractivity contribution in [3.05, 3.63) is 22.7 Å². The minimum absolute atomic E-state index is 0.0375. The SMILES string of the molecule is COc1ccc(Cl)c(CC(C)N)c1OC1CCCC1. The molecular formula is C15H22ClNO2. The van der Waals surface area contributed by atoms with Gasteiger partial charge in [0, 0.05) is 16.6 Å². The molecule has 1 aliphatic rings. The Kier molecular flexibility index (Phi) is 4.94. The highest BCUT2D eigenvalue weighted by Crippen LogP contribution is 2.39. The van der Waals surface area contributed by atoms with Crippen LogP contribution < -0.4 is 15.2 Å². The van der Waals surface area contributed by atoms with Crippen LogP contribution in [0.4, 0.5) is 0 Å². The molecule has 0 saturated heterocycles. The van der Waals surface area contributed by atoms with Crippen molar-refractivity contribution in [3.63, 3.8) is 0 Å². The van der Waals surface area contributed by atoms with Gasteiger partial charge in [-0.1, -0.05) is 11.6 Å².